The monoisotopic (exact) mass is 279 g/mol. The molecule has 0 atom stereocenters. The van der Waals surface area contributed by atoms with Crippen molar-refractivity contribution in [2.24, 2.45) is 0 Å². The molecule has 2 rings (SSSR count). The van der Waals surface area contributed by atoms with Gasteiger partial charge in [0.05, 0.1) is 0 Å². The standard InChI is InChI=1S/C11H9ClF3NO2/c12-9-2-1-8(18-9)10(17)16-5-3-7(4-6-16)11(13,14)15/h1-3H,4-6H2. The van der Waals surface area contributed by atoms with Gasteiger partial charge in [0.1, 0.15) is 0 Å². The normalized spacial score (nSPS) is 16.7. The van der Waals surface area contributed by atoms with Crippen LogP contribution in [0.25, 0.3) is 0 Å². The third-order valence-electron chi connectivity index (χ3n) is 2.64. The number of halogens is 4. The molecule has 0 N–H and O–H groups in total. The van der Waals surface area contributed by atoms with E-state index < -0.39 is 17.7 Å². The van der Waals surface area contributed by atoms with Gasteiger partial charge in [0.2, 0.25) is 0 Å². The fourth-order valence-electron chi connectivity index (χ4n) is 1.70. The van der Waals surface area contributed by atoms with Crippen molar-refractivity contribution < 1.29 is 22.4 Å². The van der Waals surface area contributed by atoms with E-state index in [2.05, 4.69) is 0 Å². The van der Waals surface area contributed by atoms with E-state index in [0.717, 1.165) is 6.08 Å². The third kappa shape index (κ3) is 2.69. The first-order chi connectivity index (χ1) is 8.38. The Labute approximate surface area is 106 Å². The van der Waals surface area contributed by atoms with Crippen LogP contribution in [0.2, 0.25) is 5.22 Å². The maximum atomic E-state index is 12.4. The number of hydrogen-bond acceptors (Lipinski definition) is 2. The molecule has 7 heteroatoms. The van der Waals surface area contributed by atoms with Crippen LogP contribution in [0, 0.1) is 0 Å². The smallest absolute Gasteiger partial charge is 0.412 e. The molecule has 0 saturated carbocycles. The topological polar surface area (TPSA) is 33.5 Å². The van der Waals surface area contributed by atoms with Crippen LogP contribution >= 0.6 is 11.6 Å². The molecule has 0 unspecified atom stereocenters. The molecule has 0 aliphatic carbocycles. The summed E-state index contributed by atoms with van der Waals surface area (Å²) in [6, 6.07) is 2.81. The van der Waals surface area contributed by atoms with Crippen LogP contribution in [0.15, 0.2) is 28.2 Å². The highest BCUT2D eigenvalue weighted by Gasteiger charge is 2.35. The van der Waals surface area contributed by atoms with Gasteiger partial charge in [-0.1, -0.05) is 6.08 Å². The summed E-state index contributed by atoms with van der Waals surface area (Å²) in [7, 11) is 0. The average Bonchev–Trinajstić information content (AvgIpc) is 2.74. The molecule has 0 saturated heterocycles. The number of nitrogens with zero attached hydrogens (tertiary/aromatic N) is 1. The summed E-state index contributed by atoms with van der Waals surface area (Å²) in [5, 5.41) is 0.0712. The number of furan rings is 1. The molecule has 1 aliphatic rings. The van der Waals surface area contributed by atoms with E-state index in [1.807, 2.05) is 0 Å². The van der Waals surface area contributed by atoms with E-state index in [-0.39, 0.29) is 30.5 Å². The summed E-state index contributed by atoms with van der Waals surface area (Å²) in [6.07, 6.45) is -3.50. The summed E-state index contributed by atoms with van der Waals surface area (Å²) in [5.41, 5.74) is -0.593. The van der Waals surface area contributed by atoms with Gasteiger partial charge in [0.15, 0.2) is 11.0 Å². The lowest BCUT2D eigenvalue weighted by atomic mass is 10.1. The molecule has 0 radical (unpaired) electrons. The number of hydrogen-bond donors (Lipinski definition) is 0. The SMILES string of the molecule is O=C(c1ccc(Cl)o1)N1CC=C(C(F)(F)F)CC1. The van der Waals surface area contributed by atoms with Gasteiger partial charge in [-0.25, -0.2) is 0 Å². The van der Waals surface area contributed by atoms with Crippen molar-refractivity contribution in [3.05, 3.63) is 34.8 Å². The van der Waals surface area contributed by atoms with Gasteiger partial charge in [-0.15, -0.1) is 0 Å². The molecule has 1 aliphatic heterocycles. The Kier molecular flexibility index (Phi) is 3.38. The van der Waals surface area contributed by atoms with Crippen LogP contribution < -0.4 is 0 Å². The zero-order chi connectivity index (χ0) is 13.3. The molecular weight excluding hydrogens is 271 g/mol. The Hall–Kier alpha value is -1.43. The molecule has 3 nitrogen and oxygen atoms in total. The van der Waals surface area contributed by atoms with Gasteiger partial charge in [0, 0.05) is 18.7 Å². The van der Waals surface area contributed by atoms with Gasteiger partial charge in [-0.05, 0) is 30.2 Å². The van der Waals surface area contributed by atoms with Crippen molar-refractivity contribution in [3.8, 4) is 0 Å². The van der Waals surface area contributed by atoms with Gasteiger partial charge in [-0.2, -0.15) is 13.2 Å². The minimum atomic E-state index is -4.32. The predicted molar refractivity (Wildman–Crippen MR) is 58.4 cm³/mol. The van der Waals surface area contributed by atoms with Crippen molar-refractivity contribution in [1.29, 1.82) is 0 Å². The van der Waals surface area contributed by atoms with Crippen molar-refractivity contribution in [2.45, 2.75) is 12.6 Å². The highest BCUT2D eigenvalue weighted by atomic mass is 35.5. The van der Waals surface area contributed by atoms with Gasteiger partial charge < -0.3 is 9.32 Å². The second kappa shape index (κ2) is 4.68. The van der Waals surface area contributed by atoms with E-state index in [1.54, 1.807) is 0 Å². The summed E-state index contributed by atoms with van der Waals surface area (Å²) >= 11 is 5.53. The zero-order valence-electron chi connectivity index (χ0n) is 9.13. The second-order valence-electron chi connectivity index (χ2n) is 3.83. The molecule has 1 aromatic rings. The van der Waals surface area contributed by atoms with Crippen LogP contribution in [-0.4, -0.2) is 30.1 Å². The first-order valence-electron chi connectivity index (χ1n) is 5.19. The lowest BCUT2D eigenvalue weighted by Gasteiger charge is -2.26. The fourth-order valence-corrected chi connectivity index (χ4v) is 1.84. The molecular formula is C11H9ClF3NO2. The van der Waals surface area contributed by atoms with E-state index in [0.29, 0.717) is 0 Å². The lowest BCUT2D eigenvalue weighted by molar-refractivity contribution is -0.0957. The Morgan fingerprint density at radius 2 is 2.11 bits per heavy atom. The average molecular weight is 280 g/mol. The van der Waals surface area contributed by atoms with E-state index in [4.69, 9.17) is 16.0 Å². The van der Waals surface area contributed by atoms with Crippen LogP contribution in [-0.2, 0) is 0 Å². The molecule has 1 amide bonds. The van der Waals surface area contributed by atoms with Crippen molar-refractivity contribution in [3.63, 3.8) is 0 Å². The Balaban J connectivity index is 2.06. The number of carbonyl (C=O) groups excluding carboxylic acids is 1. The maximum absolute atomic E-state index is 12.4. The summed E-state index contributed by atoms with van der Waals surface area (Å²) in [6.45, 7) is -0.0610. The predicted octanol–water partition coefficient (Wildman–Crippen LogP) is 3.27. The van der Waals surface area contributed by atoms with Crippen molar-refractivity contribution in [2.75, 3.05) is 13.1 Å². The number of carbonyl (C=O) groups is 1. The summed E-state index contributed by atoms with van der Waals surface area (Å²) < 4.78 is 42.1. The van der Waals surface area contributed by atoms with E-state index >= 15 is 0 Å². The molecule has 98 valence electrons. The quantitative estimate of drug-likeness (QED) is 0.739. The van der Waals surface area contributed by atoms with Crippen LogP contribution in [0.4, 0.5) is 13.2 Å². The highest BCUT2D eigenvalue weighted by molar-refractivity contribution is 6.29. The third-order valence-corrected chi connectivity index (χ3v) is 2.85. The first-order valence-corrected chi connectivity index (χ1v) is 5.56. The Bertz CT molecular complexity index is 493. The van der Waals surface area contributed by atoms with Crippen LogP contribution in [0.1, 0.15) is 17.0 Å². The molecule has 0 aromatic carbocycles. The molecule has 0 spiro atoms. The minimum absolute atomic E-state index is 0.0164. The zero-order valence-corrected chi connectivity index (χ0v) is 9.88. The van der Waals surface area contributed by atoms with Gasteiger partial charge in [-0.3, -0.25) is 4.79 Å². The van der Waals surface area contributed by atoms with Crippen LogP contribution in [0.3, 0.4) is 0 Å². The first kappa shape index (κ1) is 13.0. The largest absolute Gasteiger partial charge is 0.440 e. The van der Waals surface area contributed by atoms with E-state index in [9.17, 15) is 18.0 Å². The molecule has 2 heterocycles. The maximum Gasteiger partial charge on any atom is 0.412 e. The molecule has 1 aromatic heterocycles. The van der Waals surface area contributed by atoms with E-state index in [1.165, 1.54) is 17.0 Å². The number of amides is 1. The molecule has 0 bridgehead atoms. The number of alkyl halides is 3. The Morgan fingerprint density at radius 3 is 2.56 bits per heavy atom. The Morgan fingerprint density at radius 1 is 1.39 bits per heavy atom. The fraction of sp³-hybridized carbons (Fsp3) is 0.364. The minimum Gasteiger partial charge on any atom is -0.440 e. The summed E-state index contributed by atoms with van der Waals surface area (Å²) in [4.78, 5) is 13.1. The van der Waals surface area contributed by atoms with Gasteiger partial charge >= 0.3 is 6.18 Å². The highest BCUT2D eigenvalue weighted by Crippen LogP contribution is 2.30. The van der Waals surface area contributed by atoms with Crippen LogP contribution in [0.5, 0.6) is 0 Å². The van der Waals surface area contributed by atoms with Crippen molar-refractivity contribution >= 4 is 17.5 Å². The second-order valence-corrected chi connectivity index (χ2v) is 4.20. The summed E-state index contributed by atoms with van der Waals surface area (Å²) in [5.74, 6) is -0.428. The number of rotatable bonds is 1. The van der Waals surface area contributed by atoms with Crippen molar-refractivity contribution in [1.82, 2.24) is 4.90 Å². The van der Waals surface area contributed by atoms with Gasteiger partial charge in [0.25, 0.3) is 5.91 Å². The lowest BCUT2D eigenvalue weighted by Crippen LogP contribution is -2.36. The molecule has 0 fully saturated rings. The molecule has 18 heavy (non-hydrogen) atoms.